The molecule has 0 atom stereocenters. The van der Waals surface area contributed by atoms with Crippen molar-refractivity contribution in [1.82, 2.24) is 0 Å². The van der Waals surface area contributed by atoms with Gasteiger partial charge < -0.3 is 0 Å². The summed E-state index contributed by atoms with van der Waals surface area (Å²) in [4.78, 5) is 17.9. The first-order valence-electron chi connectivity index (χ1n) is 3.68. The molecule has 0 saturated heterocycles. The van der Waals surface area contributed by atoms with Gasteiger partial charge in [0.2, 0.25) is 0 Å². The Morgan fingerprint density at radius 1 is 1.15 bits per heavy atom. The van der Waals surface area contributed by atoms with Crippen LogP contribution in [0.25, 0.3) is 0 Å². The Labute approximate surface area is 79.8 Å². The van der Waals surface area contributed by atoms with E-state index in [1.807, 2.05) is 0 Å². The lowest BCUT2D eigenvalue weighted by Crippen LogP contribution is -1.98. The van der Waals surface area contributed by atoms with Crippen molar-refractivity contribution in [2.75, 3.05) is 0 Å². The fraction of sp³-hybridized carbons (Fsp3) is 0. The standard InChI is InChI=1S/C9H5ClN2O/c10-7-3-1-6(2-4-7)8-5-11-9(13)12-8/h1-5H. The van der Waals surface area contributed by atoms with E-state index < -0.39 is 6.03 Å². The number of nitrogens with zero attached hydrogens (tertiary/aromatic N) is 2. The summed E-state index contributed by atoms with van der Waals surface area (Å²) in [6.45, 7) is 0. The number of benzene rings is 1. The zero-order valence-electron chi connectivity index (χ0n) is 6.57. The van der Waals surface area contributed by atoms with Gasteiger partial charge in [-0.3, -0.25) is 0 Å². The summed E-state index contributed by atoms with van der Waals surface area (Å²) in [6.07, 6.45) is 1.45. The van der Waals surface area contributed by atoms with Crippen molar-refractivity contribution in [1.29, 1.82) is 0 Å². The molecule has 0 N–H and O–H groups in total. The molecule has 64 valence electrons. The minimum absolute atomic E-state index is 0.454. The van der Waals surface area contributed by atoms with Crippen molar-refractivity contribution in [2.45, 2.75) is 0 Å². The smallest absolute Gasteiger partial charge is 0.244 e. The van der Waals surface area contributed by atoms with Gasteiger partial charge in [0.15, 0.2) is 0 Å². The van der Waals surface area contributed by atoms with Crippen LogP contribution in [0.1, 0.15) is 5.56 Å². The molecule has 4 heteroatoms. The van der Waals surface area contributed by atoms with E-state index in [2.05, 4.69) is 9.98 Å². The predicted octanol–water partition coefficient (Wildman–Crippen LogP) is 2.33. The lowest BCUT2D eigenvalue weighted by atomic mass is 10.1. The van der Waals surface area contributed by atoms with Crippen LogP contribution in [0, 0.1) is 0 Å². The van der Waals surface area contributed by atoms with E-state index in [-0.39, 0.29) is 0 Å². The van der Waals surface area contributed by atoms with Crippen molar-refractivity contribution in [3.8, 4) is 0 Å². The Morgan fingerprint density at radius 2 is 1.85 bits per heavy atom. The van der Waals surface area contributed by atoms with E-state index >= 15 is 0 Å². The topological polar surface area (TPSA) is 41.8 Å². The molecule has 2 amide bonds. The number of urea groups is 1. The lowest BCUT2D eigenvalue weighted by Gasteiger charge is -1.95. The summed E-state index contributed by atoms with van der Waals surface area (Å²) in [5, 5.41) is 0.658. The fourth-order valence-electron chi connectivity index (χ4n) is 1.04. The monoisotopic (exact) mass is 192 g/mol. The van der Waals surface area contributed by atoms with Crippen molar-refractivity contribution in [2.24, 2.45) is 9.98 Å². The molecule has 0 aromatic heterocycles. The summed E-state index contributed by atoms with van der Waals surface area (Å²) >= 11 is 5.71. The second-order valence-corrected chi connectivity index (χ2v) is 2.98. The number of hydrogen-bond acceptors (Lipinski definition) is 1. The summed E-state index contributed by atoms with van der Waals surface area (Å²) in [5.41, 5.74) is 1.43. The Kier molecular flexibility index (Phi) is 1.94. The average molecular weight is 193 g/mol. The van der Waals surface area contributed by atoms with E-state index in [4.69, 9.17) is 11.6 Å². The highest BCUT2D eigenvalue weighted by Crippen LogP contribution is 2.11. The van der Waals surface area contributed by atoms with Gasteiger partial charge in [-0.2, -0.15) is 9.98 Å². The highest BCUT2D eigenvalue weighted by Gasteiger charge is 2.09. The van der Waals surface area contributed by atoms with Gasteiger partial charge in [-0.1, -0.05) is 23.7 Å². The SMILES string of the molecule is O=C1N=CC(c2ccc(Cl)cc2)=N1. The van der Waals surface area contributed by atoms with Crippen LogP contribution >= 0.6 is 11.6 Å². The Morgan fingerprint density at radius 3 is 2.38 bits per heavy atom. The van der Waals surface area contributed by atoms with E-state index in [0.717, 1.165) is 5.56 Å². The van der Waals surface area contributed by atoms with Gasteiger partial charge in [0.05, 0.1) is 11.9 Å². The lowest BCUT2D eigenvalue weighted by molar-refractivity contribution is 0.257. The minimum atomic E-state index is -0.454. The van der Waals surface area contributed by atoms with Crippen LogP contribution in [0.4, 0.5) is 4.79 Å². The Hall–Kier alpha value is -1.48. The van der Waals surface area contributed by atoms with Crippen LogP contribution in [0.15, 0.2) is 34.3 Å². The molecule has 0 spiro atoms. The highest BCUT2D eigenvalue weighted by molar-refractivity contribution is 6.44. The quantitative estimate of drug-likeness (QED) is 0.673. The molecule has 1 aliphatic heterocycles. The molecule has 0 unspecified atom stereocenters. The molecule has 2 rings (SSSR count). The summed E-state index contributed by atoms with van der Waals surface area (Å²) in [7, 11) is 0. The number of rotatable bonds is 1. The van der Waals surface area contributed by atoms with Gasteiger partial charge in [0.1, 0.15) is 0 Å². The number of amides is 2. The zero-order valence-corrected chi connectivity index (χ0v) is 7.32. The molecule has 0 aliphatic carbocycles. The van der Waals surface area contributed by atoms with Crippen molar-refractivity contribution in [3.05, 3.63) is 34.9 Å². The van der Waals surface area contributed by atoms with Crippen LogP contribution in [0.2, 0.25) is 5.02 Å². The largest absolute Gasteiger partial charge is 0.367 e. The predicted molar refractivity (Wildman–Crippen MR) is 51.9 cm³/mol. The van der Waals surface area contributed by atoms with Gasteiger partial charge in [-0.25, -0.2) is 4.79 Å². The molecule has 0 saturated carbocycles. The number of hydrogen-bond donors (Lipinski definition) is 0. The zero-order chi connectivity index (χ0) is 9.26. The molecule has 1 aliphatic rings. The van der Waals surface area contributed by atoms with Crippen molar-refractivity contribution >= 4 is 29.6 Å². The number of aliphatic imine (C=N–C) groups is 2. The molecule has 13 heavy (non-hydrogen) atoms. The van der Waals surface area contributed by atoms with Crippen LogP contribution in [0.3, 0.4) is 0 Å². The van der Waals surface area contributed by atoms with Gasteiger partial charge in [-0.05, 0) is 12.1 Å². The van der Waals surface area contributed by atoms with Crippen LogP contribution in [0.5, 0.6) is 0 Å². The van der Waals surface area contributed by atoms with Crippen LogP contribution in [-0.2, 0) is 0 Å². The third kappa shape index (κ3) is 1.65. The van der Waals surface area contributed by atoms with Crippen molar-refractivity contribution in [3.63, 3.8) is 0 Å². The molecular weight excluding hydrogens is 188 g/mol. The van der Waals surface area contributed by atoms with Gasteiger partial charge in [0.25, 0.3) is 0 Å². The third-order valence-electron chi connectivity index (χ3n) is 1.65. The highest BCUT2D eigenvalue weighted by atomic mass is 35.5. The normalized spacial score (nSPS) is 14.8. The number of halogens is 1. The molecule has 0 radical (unpaired) electrons. The Balaban J connectivity index is 2.37. The average Bonchev–Trinajstić information content (AvgIpc) is 2.53. The van der Waals surface area contributed by atoms with E-state index in [9.17, 15) is 4.79 Å². The molecule has 0 fully saturated rings. The maximum atomic E-state index is 10.7. The number of carbonyl (C=O) groups is 1. The first kappa shape index (κ1) is 8.13. The third-order valence-corrected chi connectivity index (χ3v) is 1.91. The first-order chi connectivity index (χ1) is 6.25. The second kappa shape index (κ2) is 3.11. The molecule has 1 aromatic carbocycles. The summed E-state index contributed by atoms with van der Waals surface area (Å²) in [6, 6.07) is 6.63. The van der Waals surface area contributed by atoms with E-state index in [1.54, 1.807) is 24.3 Å². The number of carbonyl (C=O) groups excluding carboxylic acids is 1. The van der Waals surface area contributed by atoms with E-state index in [1.165, 1.54) is 6.21 Å². The van der Waals surface area contributed by atoms with Gasteiger partial charge in [-0.15, -0.1) is 0 Å². The molecular formula is C9H5ClN2O. The van der Waals surface area contributed by atoms with Gasteiger partial charge >= 0.3 is 6.03 Å². The minimum Gasteiger partial charge on any atom is -0.244 e. The van der Waals surface area contributed by atoms with Crippen LogP contribution < -0.4 is 0 Å². The molecule has 1 heterocycles. The van der Waals surface area contributed by atoms with Crippen LogP contribution in [-0.4, -0.2) is 18.0 Å². The van der Waals surface area contributed by atoms with Gasteiger partial charge in [0, 0.05) is 10.6 Å². The van der Waals surface area contributed by atoms with Crippen molar-refractivity contribution < 1.29 is 4.79 Å². The Bertz CT molecular complexity index is 406. The fourth-order valence-corrected chi connectivity index (χ4v) is 1.16. The maximum Gasteiger partial charge on any atom is 0.367 e. The van der Waals surface area contributed by atoms with E-state index in [0.29, 0.717) is 10.7 Å². The summed E-state index contributed by atoms with van der Waals surface area (Å²) in [5.74, 6) is 0. The molecule has 0 bridgehead atoms. The maximum absolute atomic E-state index is 10.7. The molecule has 3 nitrogen and oxygen atoms in total. The second-order valence-electron chi connectivity index (χ2n) is 2.54. The first-order valence-corrected chi connectivity index (χ1v) is 4.06. The molecule has 1 aromatic rings. The summed E-state index contributed by atoms with van der Waals surface area (Å²) < 4.78 is 0.